The van der Waals surface area contributed by atoms with Crippen LogP contribution in [-0.2, 0) is 14.3 Å². The zero-order chi connectivity index (χ0) is 17.7. The number of hydrogen-bond donors (Lipinski definition) is 0. The molecule has 0 aromatic heterocycles. The topological polar surface area (TPSA) is 35.5 Å². The Labute approximate surface area is 145 Å². The molecule has 130 valence electrons. The number of methoxy groups -OCH3 is 1. The summed E-state index contributed by atoms with van der Waals surface area (Å²) in [4.78, 5) is 12.6. The van der Waals surface area contributed by atoms with Crippen LogP contribution in [0.2, 0.25) is 0 Å². The van der Waals surface area contributed by atoms with Crippen molar-refractivity contribution in [1.82, 2.24) is 0 Å². The van der Waals surface area contributed by atoms with Gasteiger partial charge >= 0.3 is 0 Å². The van der Waals surface area contributed by atoms with E-state index in [-0.39, 0.29) is 11.9 Å². The molecule has 0 aliphatic heterocycles. The molecule has 2 rings (SSSR count). The van der Waals surface area contributed by atoms with Gasteiger partial charge in [0.1, 0.15) is 5.76 Å². The lowest BCUT2D eigenvalue weighted by Gasteiger charge is -2.39. The third-order valence-electron chi connectivity index (χ3n) is 4.38. The smallest absolute Gasteiger partial charge is 0.205 e. The molecule has 1 aromatic carbocycles. The molecule has 1 aliphatic carbocycles. The summed E-state index contributed by atoms with van der Waals surface area (Å²) >= 11 is 0. The molecule has 1 aliphatic rings. The Morgan fingerprint density at radius 3 is 2.46 bits per heavy atom. The second kappa shape index (κ2) is 7.80. The van der Waals surface area contributed by atoms with Gasteiger partial charge in [0.2, 0.25) is 5.78 Å². The molecule has 0 saturated heterocycles. The lowest BCUT2D eigenvalue weighted by Crippen LogP contribution is -2.51. The van der Waals surface area contributed by atoms with Gasteiger partial charge in [-0.1, -0.05) is 43.7 Å². The normalized spacial score (nSPS) is 21.2. The van der Waals surface area contributed by atoms with Crippen molar-refractivity contribution in [2.75, 3.05) is 7.11 Å². The fraction of sp³-hybridized carbons (Fsp3) is 0.476. The van der Waals surface area contributed by atoms with E-state index in [1.807, 2.05) is 38.1 Å². The maximum atomic E-state index is 12.6. The van der Waals surface area contributed by atoms with Crippen LogP contribution in [0, 0.1) is 0 Å². The van der Waals surface area contributed by atoms with E-state index < -0.39 is 5.60 Å². The van der Waals surface area contributed by atoms with Crippen molar-refractivity contribution < 1.29 is 14.3 Å². The van der Waals surface area contributed by atoms with Crippen molar-refractivity contribution in [3.05, 3.63) is 53.3 Å². The average Bonchev–Trinajstić information content (AvgIpc) is 2.60. The van der Waals surface area contributed by atoms with Gasteiger partial charge in [0.15, 0.2) is 5.60 Å². The summed E-state index contributed by atoms with van der Waals surface area (Å²) in [5, 5.41) is 0. The van der Waals surface area contributed by atoms with Crippen LogP contribution in [-0.4, -0.2) is 24.6 Å². The molecule has 0 saturated carbocycles. The molecule has 0 N–H and O–H groups in total. The van der Waals surface area contributed by atoms with E-state index in [0.717, 1.165) is 24.8 Å². The minimum atomic E-state index is -0.956. The molecule has 1 atom stereocenters. The van der Waals surface area contributed by atoms with Gasteiger partial charge in [-0.15, -0.1) is 0 Å². The maximum Gasteiger partial charge on any atom is 0.205 e. The monoisotopic (exact) mass is 328 g/mol. The highest BCUT2D eigenvalue weighted by molar-refractivity contribution is 6.14. The van der Waals surface area contributed by atoms with E-state index in [1.54, 1.807) is 14.0 Å². The van der Waals surface area contributed by atoms with E-state index in [4.69, 9.17) is 9.47 Å². The van der Waals surface area contributed by atoms with E-state index in [2.05, 4.69) is 19.1 Å². The number of rotatable bonds is 8. The van der Waals surface area contributed by atoms with E-state index in [0.29, 0.717) is 11.3 Å². The third-order valence-corrected chi connectivity index (χ3v) is 4.38. The number of carbonyl (C=O) groups is 1. The highest BCUT2D eigenvalue weighted by Gasteiger charge is 2.52. The van der Waals surface area contributed by atoms with Crippen LogP contribution >= 0.6 is 0 Å². The number of carbonyl (C=O) groups excluding carboxylic acids is 1. The van der Waals surface area contributed by atoms with Gasteiger partial charge in [-0.3, -0.25) is 4.79 Å². The summed E-state index contributed by atoms with van der Waals surface area (Å²) in [6.07, 6.45) is 5.13. The summed E-state index contributed by atoms with van der Waals surface area (Å²) in [5.41, 5.74) is 2.01. The molecular formula is C21H28O3. The number of ketones is 1. The molecule has 24 heavy (non-hydrogen) atoms. The summed E-state index contributed by atoms with van der Waals surface area (Å²) in [6.45, 7) is 7.87. The zero-order valence-corrected chi connectivity index (χ0v) is 15.4. The van der Waals surface area contributed by atoms with Crippen LogP contribution in [0.4, 0.5) is 0 Å². The van der Waals surface area contributed by atoms with Gasteiger partial charge in [-0.05, 0) is 50.8 Å². The molecule has 1 unspecified atom stereocenters. The molecule has 0 amide bonds. The summed E-state index contributed by atoms with van der Waals surface area (Å²) in [5.74, 6) is 0.639. The minimum absolute atomic E-state index is 0.00166. The molecular weight excluding hydrogens is 300 g/mol. The Bertz CT molecular complexity index is 640. The van der Waals surface area contributed by atoms with Gasteiger partial charge in [0, 0.05) is 7.11 Å². The Kier molecular flexibility index (Phi) is 6.00. The summed E-state index contributed by atoms with van der Waals surface area (Å²) < 4.78 is 11.3. The number of Topliss-reactive ketones (excluding diaryl/α,β-unsaturated/α-hetero) is 1. The molecule has 0 spiro atoms. The van der Waals surface area contributed by atoms with Crippen molar-refractivity contribution in [1.29, 1.82) is 0 Å². The number of allylic oxidation sites excluding steroid dienone is 2. The van der Waals surface area contributed by atoms with E-state index in [9.17, 15) is 4.79 Å². The fourth-order valence-electron chi connectivity index (χ4n) is 2.88. The Morgan fingerprint density at radius 1 is 1.25 bits per heavy atom. The molecule has 3 nitrogen and oxygen atoms in total. The minimum Gasteiger partial charge on any atom is -0.491 e. The lowest BCUT2D eigenvalue weighted by atomic mass is 9.77. The number of hydrogen-bond acceptors (Lipinski definition) is 3. The maximum absolute atomic E-state index is 12.6. The van der Waals surface area contributed by atoms with Crippen LogP contribution in [0.5, 0.6) is 0 Å². The Morgan fingerprint density at radius 2 is 1.92 bits per heavy atom. The lowest BCUT2D eigenvalue weighted by molar-refractivity contribution is -0.142. The molecule has 3 heteroatoms. The fourth-order valence-corrected chi connectivity index (χ4v) is 2.88. The van der Waals surface area contributed by atoms with Crippen molar-refractivity contribution >= 4 is 11.4 Å². The van der Waals surface area contributed by atoms with Gasteiger partial charge in [0.05, 0.1) is 11.7 Å². The molecule has 0 fully saturated rings. The Balaban J connectivity index is 2.45. The quantitative estimate of drug-likeness (QED) is 0.679. The third kappa shape index (κ3) is 3.62. The predicted octanol–water partition coefficient (Wildman–Crippen LogP) is 4.93. The SMILES string of the molecule is CCCC/C(=C/C1=C(OC(C)C)C(C)(OC)C1=O)c1ccccc1. The molecule has 0 radical (unpaired) electrons. The largest absolute Gasteiger partial charge is 0.491 e. The van der Waals surface area contributed by atoms with Crippen molar-refractivity contribution in [3.8, 4) is 0 Å². The van der Waals surface area contributed by atoms with Gasteiger partial charge in [0.25, 0.3) is 0 Å². The predicted molar refractivity (Wildman–Crippen MR) is 97.6 cm³/mol. The molecule has 1 aromatic rings. The van der Waals surface area contributed by atoms with Crippen molar-refractivity contribution in [3.63, 3.8) is 0 Å². The molecule has 0 bridgehead atoms. The number of unbranched alkanes of at least 4 members (excludes halogenated alkanes) is 1. The van der Waals surface area contributed by atoms with Crippen LogP contribution < -0.4 is 0 Å². The Hall–Kier alpha value is -1.87. The van der Waals surface area contributed by atoms with Crippen LogP contribution in [0.25, 0.3) is 5.57 Å². The first kappa shape index (κ1) is 18.5. The van der Waals surface area contributed by atoms with Crippen molar-refractivity contribution in [2.24, 2.45) is 0 Å². The summed E-state index contributed by atoms with van der Waals surface area (Å²) in [6, 6.07) is 10.2. The van der Waals surface area contributed by atoms with Crippen LogP contribution in [0.3, 0.4) is 0 Å². The van der Waals surface area contributed by atoms with Crippen LogP contribution in [0.15, 0.2) is 47.7 Å². The van der Waals surface area contributed by atoms with Gasteiger partial charge in [-0.25, -0.2) is 0 Å². The highest BCUT2D eigenvalue weighted by Crippen LogP contribution is 2.41. The van der Waals surface area contributed by atoms with E-state index in [1.165, 1.54) is 5.57 Å². The second-order valence-corrected chi connectivity index (χ2v) is 6.62. The van der Waals surface area contributed by atoms with E-state index >= 15 is 0 Å². The second-order valence-electron chi connectivity index (χ2n) is 6.62. The summed E-state index contributed by atoms with van der Waals surface area (Å²) in [7, 11) is 1.55. The van der Waals surface area contributed by atoms with Gasteiger partial charge in [-0.2, -0.15) is 0 Å². The first-order chi connectivity index (χ1) is 11.4. The number of ether oxygens (including phenoxy) is 2. The zero-order valence-electron chi connectivity index (χ0n) is 15.4. The van der Waals surface area contributed by atoms with Gasteiger partial charge < -0.3 is 9.47 Å². The van der Waals surface area contributed by atoms with Crippen LogP contribution in [0.1, 0.15) is 52.5 Å². The first-order valence-electron chi connectivity index (χ1n) is 8.71. The van der Waals surface area contributed by atoms with Crippen molar-refractivity contribution in [2.45, 2.75) is 58.7 Å². The standard InChI is InChI=1S/C21H28O3/c1-6-7-11-17(16-12-9-8-10-13-16)14-18-19(22)21(4,23-5)20(18)24-15(2)3/h8-10,12-15H,6-7,11H2,1-5H3/b17-14-. The highest BCUT2D eigenvalue weighted by atomic mass is 16.6. The molecule has 0 heterocycles. The number of benzene rings is 1. The first-order valence-corrected chi connectivity index (χ1v) is 8.71. The average molecular weight is 328 g/mol.